The average molecular weight is 510 g/mol. The molecule has 1 atom stereocenters. The molecule has 0 aromatic heterocycles. The van der Waals surface area contributed by atoms with Crippen LogP contribution in [-0.2, 0) is 26.2 Å². The molecule has 35 heavy (non-hydrogen) atoms. The van der Waals surface area contributed by atoms with Crippen molar-refractivity contribution >= 4 is 27.5 Å². The molecule has 0 fully saturated rings. The van der Waals surface area contributed by atoms with Crippen LogP contribution in [0.1, 0.15) is 44.7 Å². The van der Waals surface area contributed by atoms with Gasteiger partial charge in [-0.3, -0.25) is 13.9 Å². The highest BCUT2D eigenvalue weighted by Crippen LogP contribution is 2.22. The fourth-order valence-electron chi connectivity index (χ4n) is 3.60. The van der Waals surface area contributed by atoms with Crippen LogP contribution in [0.5, 0.6) is 0 Å². The summed E-state index contributed by atoms with van der Waals surface area (Å²) in [6.07, 6.45) is 1.04. The zero-order chi connectivity index (χ0) is 26.3. The number of aryl methyl sites for hydroxylation is 1. The molecule has 2 aromatic rings. The van der Waals surface area contributed by atoms with Crippen molar-refractivity contribution in [2.75, 3.05) is 17.1 Å². The van der Waals surface area contributed by atoms with Crippen molar-refractivity contribution in [2.45, 2.75) is 59.2 Å². The predicted octanol–water partition coefficient (Wildman–Crippen LogP) is 3.76. The molecule has 2 amide bonds. The van der Waals surface area contributed by atoms with E-state index in [0.29, 0.717) is 0 Å². The lowest BCUT2D eigenvalue weighted by Gasteiger charge is -2.30. The van der Waals surface area contributed by atoms with Gasteiger partial charge >= 0.3 is 0 Å². The molecular formula is C25H33F2N3O4S. The first-order valence-corrected chi connectivity index (χ1v) is 13.2. The van der Waals surface area contributed by atoms with E-state index in [4.69, 9.17) is 0 Å². The third-order valence-corrected chi connectivity index (χ3v) is 6.74. The highest BCUT2D eigenvalue weighted by Gasteiger charge is 2.27. The smallest absolute Gasteiger partial charge is 0.242 e. The maximum Gasteiger partial charge on any atom is 0.242 e. The number of carbonyl (C=O) groups is 2. The van der Waals surface area contributed by atoms with E-state index < -0.39 is 27.7 Å². The fourth-order valence-corrected chi connectivity index (χ4v) is 4.56. The summed E-state index contributed by atoms with van der Waals surface area (Å²) in [4.78, 5) is 27.4. The Morgan fingerprint density at radius 2 is 1.69 bits per heavy atom. The van der Waals surface area contributed by atoms with Crippen LogP contribution in [0.2, 0.25) is 0 Å². The maximum atomic E-state index is 13.7. The van der Waals surface area contributed by atoms with Gasteiger partial charge in [-0.1, -0.05) is 24.3 Å². The number of carbonyl (C=O) groups excluding carboxylic acids is 2. The van der Waals surface area contributed by atoms with Crippen LogP contribution in [0.15, 0.2) is 42.5 Å². The number of hydrogen-bond acceptors (Lipinski definition) is 4. The molecule has 192 valence electrons. The van der Waals surface area contributed by atoms with Crippen LogP contribution in [0, 0.1) is 18.6 Å². The van der Waals surface area contributed by atoms with Crippen molar-refractivity contribution in [1.29, 1.82) is 0 Å². The van der Waals surface area contributed by atoms with Crippen molar-refractivity contribution in [3.05, 3.63) is 65.2 Å². The van der Waals surface area contributed by atoms with E-state index in [1.165, 1.54) is 11.0 Å². The summed E-state index contributed by atoms with van der Waals surface area (Å²) in [5.41, 5.74) is 1.84. The SMILES string of the molecule is Cc1ccccc1CN(C(=O)CCCN(c1ccc(F)c(F)c1)S(C)(=O)=O)[C@@H](C)C(=O)NC(C)C. The lowest BCUT2D eigenvalue weighted by Crippen LogP contribution is -2.49. The van der Waals surface area contributed by atoms with Gasteiger partial charge < -0.3 is 10.2 Å². The highest BCUT2D eigenvalue weighted by molar-refractivity contribution is 7.92. The third-order valence-electron chi connectivity index (χ3n) is 5.54. The van der Waals surface area contributed by atoms with E-state index in [2.05, 4.69) is 5.32 Å². The van der Waals surface area contributed by atoms with Gasteiger partial charge in [-0.15, -0.1) is 0 Å². The first-order chi connectivity index (χ1) is 16.3. The van der Waals surface area contributed by atoms with Gasteiger partial charge in [0.2, 0.25) is 21.8 Å². The van der Waals surface area contributed by atoms with Gasteiger partial charge in [0.05, 0.1) is 11.9 Å². The predicted molar refractivity (Wildman–Crippen MR) is 132 cm³/mol. The van der Waals surface area contributed by atoms with Gasteiger partial charge in [-0.05, 0) is 57.4 Å². The Kier molecular flexibility index (Phi) is 9.76. The van der Waals surface area contributed by atoms with Crippen LogP contribution in [0.4, 0.5) is 14.5 Å². The number of halogens is 2. The molecule has 0 aliphatic carbocycles. The van der Waals surface area contributed by atoms with Crippen molar-refractivity contribution in [3.8, 4) is 0 Å². The number of anilines is 1. The first-order valence-electron chi connectivity index (χ1n) is 11.4. The van der Waals surface area contributed by atoms with Crippen molar-refractivity contribution in [1.82, 2.24) is 10.2 Å². The molecule has 0 spiro atoms. The van der Waals surface area contributed by atoms with Gasteiger partial charge in [0.1, 0.15) is 6.04 Å². The molecule has 7 nitrogen and oxygen atoms in total. The molecule has 0 radical (unpaired) electrons. The molecule has 2 rings (SSSR count). The van der Waals surface area contributed by atoms with Gasteiger partial charge in [0.15, 0.2) is 11.6 Å². The number of nitrogens with one attached hydrogen (secondary N) is 1. The monoisotopic (exact) mass is 509 g/mol. The average Bonchev–Trinajstić information content (AvgIpc) is 2.76. The topological polar surface area (TPSA) is 86.8 Å². The summed E-state index contributed by atoms with van der Waals surface area (Å²) in [6.45, 7) is 7.34. The van der Waals surface area contributed by atoms with E-state index in [1.54, 1.807) is 6.92 Å². The molecule has 0 aliphatic rings. The molecule has 0 heterocycles. The van der Waals surface area contributed by atoms with Crippen LogP contribution in [-0.4, -0.2) is 50.0 Å². The van der Waals surface area contributed by atoms with Gasteiger partial charge in [-0.2, -0.15) is 0 Å². The summed E-state index contributed by atoms with van der Waals surface area (Å²) < 4.78 is 52.5. The number of sulfonamides is 1. The van der Waals surface area contributed by atoms with E-state index in [1.807, 2.05) is 45.0 Å². The van der Waals surface area contributed by atoms with Crippen LogP contribution in [0.3, 0.4) is 0 Å². The summed E-state index contributed by atoms with van der Waals surface area (Å²) in [7, 11) is -3.81. The Morgan fingerprint density at radius 1 is 1.03 bits per heavy atom. The lowest BCUT2D eigenvalue weighted by molar-refractivity contribution is -0.140. The molecule has 0 bridgehead atoms. The fraction of sp³-hybridized carbons (Fsp3) is 0.440. The Labute approximate surface area is 206 Å². The van der Waals surface area contributed by atoms with E-state index in [0.717, 1.165) is 33.8 Å². The zero-order valence-corrected chi connectivity index (χ0v) is 21.5. The standard InChI is InChI=1S/C25H33F2N3O4S/c1-17(2)28-25(32)19(4)29(16-20-10-7-6-9-18(20)3)24(31)11-8-14-30(35(5,33)34)21-12-13-22(26)23(27)15-21/h6-7,9-10,12-13,15,17,19H,8,11,14,16H2,1-5H3,(H,28,32)/t19-/m0/s1. The molecule has 0 aliphatic heterocycles. The number of benzene rings is 2. The van der Waals surface area contributed by atoms with Crippen molar-refractivity contribution in [3.63, 3.8) is 0 Å². The zero-order valence-electron chi connectivity index (χ0n) is 20.7. The van der Waals surface area contributed by atoms with E-state index >= 15 is 0 Å². The Balaban J connectivity index is 2.20. The number of nitrogens with zero attached hydrogens (tertiary/aromatic N) is 2. The molecular weight excluding hydrogens is 476 g/mol. The summed E-state index contributed by atoms with van der Waals surface area (Å²) in [5, 5.41) is 2.82. The molecule has 0 saturated heterocycles. The van der Waals surface area contributed by atoms with Crippen molar-refractivity contribution in [2.24, 2.45) is 0 Å². The van der Waals surface area contributed by atoms with Crippen LogP contribution in [0.25, 0.3) is 0 Å². The number of rotatable bonds is 11. The number of hydrogen-bond donors (Lipinski definition) is 1. The third kappa shape index (κ3) is 8.02. The van der Waals surface area contributed by atoms with Gasteiger partial charge in [0.25, 0.3) is 0 Å². The molecule has 2 aromatic carbocycles. The van der Waals surface area contributed by atoms with Gasteiger partial charge in [-0.25, -0.2) is 17.2 Å². The Hall–Kier alpha value is -3.01. The normalized spacial score (nSPS) is 12.3. The maximum absolute atomic E-state index is 13.7. The second-order valence-electron chi connectivity index (χ2n) is 8.82. The second-order valence-corrected chi connectivity index (χ2v) is 10.7. The Morgan fingerprint density at radius 3 is 2.26 bits per heavy atom. The molecule has 1 N–H and O–H groups in total. The van der Waals surface area contributed by atoms with Crippen LogP contribution < -0.4 is 9.62 Å². The summed E-state index contributed by atoms with van der Waals surface area (Å²) in [6, 6.07) is 9.53. The largest absolute Gasteiger partial charge is 0.352 e. The summed E-state index contributed by atoms with van der Waals surface area (Å²) in [5.74, 6) is -2.86. The second kappa shape index (κ2) is 12.1. The minimum Gasteiger partial charge on any atom is -0.352 e. The molecule has 10 heteroatoms. The highest BCUT2D eigenvalue weighted by atomic mass is 32.2. The minimum absolute atomic E-state index is 0.0275. The lowest BCUT2D eigenvalue weighted by atomic mass is 10.1. The molecule has 0 unspecified atom stereocenters. The summed E-state index contributed by atoms with van der Waals surface area (Å²) >= 11 is 0. The number of amides is 2. The van der Waals surface area contributed by atoms with Crippen molar-refractivity contribution < 1.29 is 26.8 Å². The Bertz CT molecular complexity index is 1160. The minimum atomic E-state index is -3.81. The first kappa shape index (κ1) is 28.2. The quantitative estimate of drug-likeness (QED) is 0.500. The van der Waals surface area contributed by atoms with Gasteiger partial charge in [0, 0.05) is 31.6 Å². The van der Waals surface area contributed by atoms with E-state index in [-0.39, 0.29) is 49.5 Å². The van der Waals surface area contributed by atoms with E-state index in [9.17, 15) is 26.8 Å². The molecule has 0 saturated carbocycles. The van der Waals surface area contributed by atoms with Crippen LogP contribution >= 0.6 is 0 Å².